The molecule has 0 aromatic heterocycles. The Hall–Kier alpha value is -2.08. The number of urea groups is 1. The lowest BCUT2D eigenvalue weighted by molar-refractivity contribution is -0.142. The molecule has 3 aliphatic rings. The molecule has 0 radical (unpaired) electrons. The Balaban J connectivity index is 1.30. The van der Waals surface area contributed by atoms with Crippen molar-refractivity contribution in [2.24, 2.45) is 0 Å². The first kappa shape index (κ1) is 16.4. The summed E-state index contributed by atoms with van der Waals surface area (Å²) in [5.74, 6) is 0.0798. The number of nitrogens with zero attached hydrogens (tertiary/aromatic N) is 2. The van der Waals surface area contributed by atoms with E-state index in [1.165, 1.54) is 17.5 Å². The van der Waals surface area contributed by atoms with Crippen LogP contribution in [-0.2, 0) is 22.4 Å². The molecule has 6 heteroatoms. The van der Waals surface area contributed by atoms with Crippen LogP contribution >= 0.6 is 0 Å². The van der Waals surface area contributed by atoms with Gasteiger partial charge in [0.1, 0.15) is 6.10 Å². The Kier molecular flexibility index (Phi) is 4.61. The van der Waals surface area contributed by atoms with Gasteiger partial charge in [-0.25, -0.2) is 4.79 Å². The smallest absolute Gasteiger partial charge is 0.321 e. The molecule has 6 nitrogen and oxygen atoms in total. The van der Waals surface area contributed by atoms with E-state index in [9.17, 15) is 9.59 Å². The van der Waals surface area contributed by atoms with Crippen molar-refractivity contribution in [3.8, 4) is 0 Å². The third-order valence-corrected chi connectivity index (χ3v) is 5.43. The summed E-state index contributed by atoms with van der Waals surface area (Å²) in [6.07, 6.45) is 4.95. The number of carbonyl (C=O) groups excluding carboxylic acids is 2. The fourth-order valence-corrected chi connectivity index (χ4v) is 3.96. The van der Waals surface area contributed by atoms with E-state index >= 15 is 0 Å². The second kappa shape index (κ2) is 7.04. The molecule has 1 N–H and O–H groups in total. The van der Waals surface area contributed by atoms with Gasteiger partial charge in [-0.05, 0) is 55.4 Å². The van der Waals surface area contributed by atoms with Crippen LogP contribution in [0.15, 0.2) is 18.2 Å². The second-order valence-electron chi connectivity index (χ2n) is 7.08. The standard InChI is InChI=1S/C19H25N3O3/c23-18(17-5-2-12-25-17)21-8-10-22(11-9-21)19(24)20-16-7-6-14-3-1-4-15(14)13-16/h6-7,13,17H,1-5,8-12H2,(H,20,24)/t17-/m0/s1. The van der Waals surface area contributed by atoms with Gasteiger partial charge in [-0.1, -0.05) is 6.07 Å². The molecule has 0 spiro atoms. The van der Waals surface area contributed by atoms with Gasteiger partial charge in [0.05, 0.1) is 0 Å². The Morgan fingerprint density at radius 3 is 2.52 bits per heavy atom. The Bertz CT molecular complexity index is 662. The Morgan fingerprint density at radius 1 is 1.00 bits per heavy atom. The number of nitrogens with one attached hydrogen (secondary N) is 1. The van der Waals surface area contributed by atoms with Crippen molar-refractivity contribution in [2.75, 3.05) is 38.1 Å². The van der Waals surface area contributed by atoms with Crippen LogP contribution in [0, 0.1) is 0 Å². The van der Waals surface area contributed by atoms with Crippen LogP contribution in [0.3, 0.4) is 0 Å². The number of benzene rings is 1. The minimum absolute atomic E-state index is 0.0798. The van der Waals surface area contributed by atoms with E-state index in [2.05, 4.69) is 17.4 Å². The van der Waals surface area contributed by atoms with Gasteiger partial charge in [-0.2, -0.15) is 0 Å². The molecule has 0 unspecified atom stereocenters. The molecule has 4 rings (SSSR count). The molecule has 2 heterocycles. The minimum atomic E-state index is -0.271. The van der Waals surface area contributed by atoms with E-state index in [0.29, 0.717) is 32.8 Å². The summed E-state index contributed by atoms with van der Waals surface area (Å²) in [7, 11) is 0. The lowest BCUT2D eigenvalue weighted by atomic mass is 10.1. The summed E-state index contributed by atoms with van der Waals surface area (Å²) < 4.78 is 5.47. The molecule has 2 aliphatic heterocycles. The Labute approximate surface area is 148 Å². The summed E-state index contributed by atoms with van der Waals surface area (Å²) in [6, 6.07) is 6.12. The van der Waals surface area contributed by atoms with Gasteiger partial charge >= 0.3 is 6.03 Å². The maximum absolute atomic E-state index is 12.5. The van der Waals surface area contributed by atoms with Crippen LogP contribution in [-0.4, -0.2) is 60.6 Å². The van der Waals surface area contributed by atoms with Crippen LogP contribution in [0.4, 0.5) is 10.5 Å². The number of aryl methyl sites for hydroxylation is 2. The first-order chi connectivity index (χ1) is 12.2. The number of amides is 3. The van der Waals surface area contributed by atoms with Crippen LogP contribution in [0.2, 0.25) is 0 Å². The van der Waals surface area contributed by atoms with Gasteiger partial charge in [0, 0.05) is 38.5 Å². The minimum Gasteiger partial charge on any atom is -0.368 e. The van der Waals surface area contributed by atoms with E-state index in [1.807, 2.05) is 11.0 Å². The van der Waals surface area contributed by atoms with E-state index < -0.39 is 0 Å². The monoisotopic (exact) mass is 343 g/mol. The maximum Gasteiger partial charge on any atom is 0.321 e. The van der Waals surface area contributed by atoms with Crippen LogP contribution in [0.1, 0.15) is 30.4 Å². The number of rotatable bonds is 2. The normalized spacial score (nSPS) is 22.8. The lowest BCUT2D eigenvalue weighted by Gasteiger charge is -2.35. The molecule has 1 aromatic rings. The number of anilines is 1. The fraction of sp³-hybridized carbons (Fsp3) is 0.579. The molecule has 2 fully saturated rings. The van der Waals surface area contributed by atoms with Gasteiger partial charge in [0.25, 0.3) is 5.91 Å². The number of fused-ring (bicyclic) bond motifs is 1. The first-order valence-corrected chi connectivity index (χ1v) is 9.29. The van der Waals surface area contributed by atoms with Crippen LogP contribution < -0.4 is 5.32 Å². The molecule has 1 aromatic carbocycles. The number of hydrogen-bond acceptors (Lipinski definition) is 3. The van der Waals surface area contributed by atoms with Gasteiger partial charge in [0.15, 0.2) is 0 Å². The largest absolute Gasteiger partial charge is 0.368 e. The quantitative estimate of drug-likeness (QED) is 0.894. The SMILES string of the molecule is O=C(Nc1ccc2c(c1)CCC2)N1CCN(C(=O)[C@@H]2CCCO2)CC1. The number of hydrogen-bond donors (Lipinski definition) is 1. The van der Waals surface area contributed by atoms with Gasteiger partial charge in [-0.15, -0.1) is 0 Å². The summed E-state index contributed by atoms with van der Waals surface area (Å²) in [5, 5.41) is 3.00. The molecular weight excluding hydrogens is 318 g/mol. The molecular formula is C19H25N3O3. The zero-order chi connectivity index (χ0) is 17.2. The molecule has 0 bridgehead atoms. The van der Waals surface area contributed by atoms with E-state index in [0.717, 1.165) is 31.4 Å². The van der Waals surface area contributed by atoms with E-state index in [1.54, 1.807) is 4.90 Å². The van der Waals surface area contributed by atoms with Gasteiger partial charge < -0.3 is 19.9 Å². The fourth-order valence-electron chi connectivity index (χ4n) is 3.96. The van der Waals surface area contributed by atoms with Crippen molar-refractivity contribution >= 4 is 17.6 Å². The van der Waals surface area contributed by atoms with Crippen molar-refractivity contribution in [3.05, 3.63) is 29.3 Å². The predicted molar refractivity (Wildman–Crippen MR) is 94.6 cm³/mol. The number of ether oxygens (including phenoxy) is 1. The van der Waals surface area contributed by atoms with Crippen molar-refractivity contribution in [3.63, 3.8) is 0 Å². The molecule has 134 valence electrons. The zero-order valence-corrected chi connectivity index (χ0v) is 14.5. The third-order valence-electron chi connectivity index (χ3n) is 5.43. The average molecular weight is 343 g/mol. The molecule has 3 amide bonds. The number of piperazine rings is 1. The van der Waals surface area contributed by atoms with Crippen LogP contribution in [0.25, 0.3) is 0 Å². The summed E-state index contributed by atoms with van der Waals surface area (Å²) in [6.45, 7) is 2.97. The molecule has 25 heavy (non-hydrogen) atoms. The third kappa shape index (κ3) is 3.49. The second-order valence-corrected chi connectivity index (χ2v) is 7.08. The summed E-state index contributed by atoms with van der Waals surface area (Å²) in [5.41, 5.74) is 3.62. The molecule has 1 aliphatic carbocycles. The first-order valence-electron chi connectivity index (χ1n) is 9.29. The topological polar surface area (TPSA) is 61.9 Å². The Morgan fingerprint density at radius 2 is 1.76 bits per heavy atom. The predicted octanol–water partition coefficient (Wildman–Crippen LogP) is 2.03. The van der Waals surface area contributed by atoms with E-state index in [4.69, 9.17) is 4.74 Å². The molecule has 2 saturated heterocycles. The highest BCUT2D eigenvalue weighted by Crippen LogP contribution is 2.25. The highest BCUT2D eigenvalue weighted by molar-refractivity contribution is 5.90. The van der Waals surface area contributed by atoms with Crippen molar-refractivity contribution in [1.82, 2.24) is 9.80 Å². The van der Waals surface area contributed by atoms with Crippen LogP contribution in [0.5, 0.6) is 0 Å². The van der Waals surface area contributed by atoms with Crippen molar-refractivity contribution < 1.29 is 14.3 Å². The van der Waals surface area contributed by atoms with E-state index in [-0.39, 0.29) is 18.0 Å². The van der Waals surface area contributed by atoms with Crippen molar-refractivity contribution in [1.29, 1.82) is 0 Å². The summed E-state index contributed by atoms with van der Waals surface area (Å²) in [4.78, 5) is 28.5. The lowest BCUT2D eigenvalue weighted by Crippen LogP contribution is -2.53. The highest BCUT2D eigenvalue weighted by atomic mass is 16.5. The zero-order valence-electron chi connectivity index (χ0n) is 14.5. The average Bonchev–Trinajstić information content (AvgIpc) is 3.32. The molecule has 0 saturated carbocycles. The van der Waals surface area contributed by atoms with Gasteiger partial charge in [0.2, 0.25) is 0 Å². The number of carbonyl (C=O) groups is 2. The maximum atomic E-state index is 12.5. The molecule has 1 atom stereocenters. The summed E-state index contributed by atoms with van der Waals surface area (Å²) >= 11 is 0. The van der Waals surface area contributed by atoms with Gasteiger partial charge in [-0.3, -0.25) is 4.79 Å². The highest BCUT2D eigenvalue weighted by Gasteiger charge is 2.31. The van der Waals surface area contributed by atoms with Crippen molar-refractivity contribution in [2.45, 2.75) is 38.2 Å².